The molecule has 1 atom stereocenters. The fourth-order valence-corrected chi connectivity index (χ4v) is 2.29. The van der Waals surface area contributed by atoms with E-state index in [9.17, 15) is 4.79 Å². The number of rotatable bonds is 4. The maximum Gasteiger partial charge on any atom is 0.320 e. The molecular formula is C16H17N5O2. The van der Waals surface area contributed by atoms with Crippen LogP contribution in [0.1, 0.15) is 18.5 Å². The van der Waals surface area contributed by atoms with Gasteiger partial charge >= 0.3 is 6.03 Å². The van der Waals surface area contributed by atoms with E-state index < -0.39 is 0 Å². The lowest BCUT2D eigenvalue weighted by Crippen LogP contribution is -2.31. The van der Waals surface area contributed by atoms with Gasteiger partial charge in [-0.15, -0.1) is 5.10 Å². The number of pyridine rings is 1. The van der Waals surface area contributed by atoms with E-state index in [2.05, 4.69) is 25.8 Å². The quantitative estimate of drug-likeness (QED) is 0.691. The van der Waals surface area contributed by atoms with E-state index in [1.54, 1.807) is 19.4 Å². The normalized spacial score (nSPS) is 11.9. The first kappa shape index (κ1) is 14.8. The highest BCUT2D eigenvalue weighted by Crippen LogP contribution is 2.23. The van der Waals surface area contributed by atoms with E-state index in [1.807, 2.05) is 37.3 Å². The second-order valence-corrected chi connectivity index (χ2v) is 5.08. The average molecular weight is 311 g/mol. The zero-order chi connectivity index (χ0) is 16.2. The van der Waals surface area contributed by atoms with Gasteiger partial charge in [-0.3, -0.25) is 10.4 Å². The van der Waals surface area contributed by atoms with Crippen LogP contribution in [0.25, 0.3) is 10.9 Å². The van der Waals surface area contributed by atoms with Crippen molar-refractivity contribution < 1.29 is 9.53 Å². The number of anilines is 1. The number of H-pyrrole nitrogens is 1. The summed E-state index contributed by atoms with van der Waals surface area (Å²) >= 11 is 0. The standard InChI is InChI=1S/C16H17N5O2/c1-10(11-6-4-3-5-7-11)18-16(22)19-14-8-13-12(9-17-14)15(23-2)21-20-13/h3-10H,1-2H3,(H,20,21)(H2,17,18,19,22)/t10-/m1/s1. The van der Waals surface area contributed by atoms with Crippen LogP contribution in [0.2, 0.25) is 0 Å². The summed E-state index contributed by atoms with van der Waals surface area (Å²) in [6, 6.07) is 11.0. The Bertz CT molecular complexity index is 816. The van der Waals surface area contributed by atoms with Gasteiger partial charge in [-0.2, -0.15) is 0 Å². The highest BCUT2D eigenvalue weighted by Gasteiger charge is 2.11. The Balaban J connectivity index is 1.68. The van der Waals surface area contributed by atoms with Crippen molar-refractivity contribution in [1.82, 2.24) is 20.5 Å². The third kappa shape index (κ3) is 3.23. The number of hydrogen-bond acceptors (Lipinski definition) is 4. The van der Waals surface area contributed by atoms with E-state index in [1.165, 1.54) is 0 Å². The number of amides is 2. The summed E-state index contributed by atoms with van der Waals surface area (Å²) in [6.07, 6.45) is 1.61. The third-order valence-corrected chi connectivity index (χ3v) is 3.49. The summed E-state index contributed by atoms with van der Waals surface area (Å²) < 4.78 is 5.11. The summed E-state index contributed by atoms with van der Waals surface area (Å²) in [5.74, 6) is 0.905. The highest BCUT2D eigenvalue weighted by molar-refractivity contribution is 5.92. The average Bonchev–Trinajstić information content (AvgIpc) is 2.97. The number of carbonyl (C=O) groups excluding carboxylic acids is 1. The molecule has 7 heteroatoms. The van der Waals surface area contributed by atoms with Gasteiger partial charge in [0.2, 0.25) is 5.88 Å². The largest absolute Gasteiger partial charge is 0.479 e. The molecule has 0 saturated carbocycles. The Morgan fingerprint density at radius 3 is 2.83 bits per heavy atom. The van der Waals surface area contributed by atoms with Crippen LogP contribution < -0.4 is 15.4 Å². The van der Waals surface area contributed by atoms with Gasteiger partial charge in [0.15, 0.2) is 0 Å². The number of aromatic amines is 1. The molecule has 118 valence electrons. The number of nitrogens with one attached hydrogen (secondary N) is 3. The first-order valence-electron chi connectivity index (χ1n) is 7.18. The molecule has 2 heterocycles. The molecule has 0 spiro atoms. The van der Waals surface area contributed by atoms with Crippen LogP contribution in [-0.2, 0) is 0 Å². The fourth-order valence-electron chi connectivity index (χ4n) is 2.29. The summed E-state index contributed by atoms with van der Waals surface area (Å²) in [5, 5.41) is 13.2. The molecule has 1 aromatic carbocycles. The Hall–Kier alpha value is -3.09. The lowest BCUT2D eigenvalue weighted by molar-refractivity contribution is 0.249. The SMILES string of the molecule is COc1n[nH]c2cc(NC(=O)N[C@H](C)c3ccccc3)ncc12. The Morgan fingerprint density at radius 2 is 2.09 bits per heavy atom. The smallest absolute Gasteiger partial charge is 0.320 e. The molecule has 2 amide bonds. The number of fused-ring (bicyclic) bond motifs is 1. The molecule has 0 saturated heterocycles. The van der Waals surface area contributed by atoms with Crippen LogP contribution >= 0.6 is 0 Å². The van der Waals surface area contributed by atoms with Gasteiger partial charge in [-0.1, -0.05) is 30.3 Å². The lowest BCUT2D eigenvalue weighted by atomic mass is 10.1. The van der Waals surface area contributed by atoms with E-state index in [-0.39, 0.29) is 12.1 Å². The second kappa shape index (κ2) is 6.35. The Labute approximate surface area is 133 Å². The van der Waals surface area contributed by atoms with Gasteiger partial charge < -0.3 is 10.1 Å². The van der Waals surface area contributed by atoms with Gasteiger partial charge in [-0.05, 0) is 12.5 Å². The topological polar surface area (TPSA) is 91.9 Å². The van der Waals surface area contributed by atoms with E-state index in [0.29, 0.717) is 11.7 Å². The number of nitrogens with zero attached hydrogens (tertiary/aromatic N) is 2. The monoisotopic (exact) mass is 311 g/mol. The number of methoxy groups -OCH3 is 1. The molecule has 0 aliphatic rings. The Morgan fingerprint density at radius 1 is 1.30 bits per heavy atom. The van der Waals surface area contributed by atoms with Gasteiger partial charge in [0, 0.05) is 12.3 Å². The third-order valence-electron chi connectivity index (χ3n) is 3.49. The Kier molecular flexibility index (Phi) is 4.09. The molecule has 3 N–H and O–H groups in total. The van der Waals surface area contributed by atoms with Crippen LogP contribution in [0.3, 0.4) is 0 Å². The minimum Gasteiger partial charge on any atom is -0.479 e. The molecule has 0 unspecified atom stereocenters. The number of urea groups is 1. The van der Waals surface area contributed by atoms with Crippen LogP contribution in [-0.4, -0.2) is 28.3 Å². The predicted octanol–water partition coefficient (Wildman–Crippen LogP) is 2.85. The van der Waals surface area contributed by atoms with Crippen molar-refractivity contribution in [2.75, 3.05) is 12.4 Å². The maximum absolute atomic E-state index is 12.1. The number of carbonyl (C=O) groups is 1. The number of hydrogen-bond donors (Lipinski definition) is 3. The van der Waals surface area contributed by atoms with Crippen molar-refractivity contribution in [3.8, 4) is 5.88 Å². The van der Waals surface area contributed by atoms with E-state index >= 15 is 0 Å². The number of aromatic nitrogens is 3. The summed E-state index contributed by atoms with van der Waals surface area (Å²) in [5.41, 5.74) is 1.77. The minimum absolute atomic E-state index is 0.104. The molecular weight excluding hydrogens is 294 g/mol. The predicted molar refractivity (Wildman–Crippen MR) is 87.5 cm³/mol. The van der Waals surface area contributed by atoms with Crippen LogP contribution in [0, 0.1) is 0 Å². The summed E-state index contributed by atoms with van der Waals surface area (Å²) in [7, 11) is 1.54. The van der Waals surface area contributed by atoms with Crippen LogP contribution in [0.5, 0.6) is 5.88 Å². The van der Waals surface area contributed by atoms with Crippen LogP contribution in [0.15, 0.2) is 42.6 Å². The fraction of sp³-hybridized carbons (Fsp3) is 0.188. The summed E-state index contributed by atoms with van der Waals surface area (Å²) in [6.45, 7) is 1.92. The van der Waals surface area contributed by atoms with Crippen molar-refractivity contribution in [3.05, 3.63) is 48.2 Å². The first-order valence-corrected chi connectivity index (χ1v) is 7.18. The molecule has 0 aliphatic carbocycles. The maximum atomic E-state index is 12.1. The molecule has 0 fully saturated rings. The number of benzene rings is 1. The molecule has 23 heavy (non-hydrogen) atoms. The van der Waals surface area contributed by atoms with E-state index in [4.69, 9.17) is 4.74 Å². The van der Waals surface area contributed by atoms with Crippen molar-refractivity contribution in [2.45, 2.75) is 13.0 Å². The minimum atomic E-state index is -0.320. The molecule has 0 aliphatic heterocycles. The molecule has 3 aromatic rings. The number of ether oxygens (including phenoxy) is 1. The zero-order valence-electron chi connectivity index (χ0n) is 12.8. The summed E-state index contributed by atoms with van der Waals surface area (Å²) in [4.78, 5) is 16.3. The van der Waals surface area contributed by atoms with Crippen LogP contribution in [0.4, 0.5) is 10.6 Å². The lowest BCUT2D eigenvalue weighted by Gasteiger charge is -2.14. The molecule has 0 radical (unpaired) electrons. The first-order chi connectivity index (χ1) is 11.2. The zero-order valence-corrected chi connectivity index (χ0v) is 12.8. The van der Waals surface area contributed by atoms with Crippen molar-refractivity contribution in [3.63, 3.8) is 0 Å². The molecule has 3 rings (SSSR count). The van der Waals surface area contributed by atoms with Gasteiger partial charge in [0.1, 0.15) is 5.82 Å². The van der Waals surface area contributed by atoms with E-state index in [0.717, 1.165) is 16.5 Å². The highest BCUT2D eigenvalue weighted by atomic mass is 16.5. The van der Waals surface area contributed by atoms with Crippen molar-refractivity contribution in [1.29, 1.82) is 0 Å². The van der Waals surface area contributed by atoms with Crippen molar-refractivity contribution in [2.24, 2.45) is 0 Å². The van der Waals surface area contributed by atoms with Gasteiger partial charge in [0.25, 0.3) is 0 Å². The van der Waals surface area contributed by atoms with Gasteiger partial charge in [0.05, 0.1) is 24.1 Å². The van der Waals surface area contributed by atoms with Gasteiger partial charge in [-0.25, -0.2) is 9.78 Å². The second-order valence-electron chi connectivity index (χ2n) is 5.08. The molecule has 0 bridgehead atoms. The molecule has 2 aromatic heterocycles. The van der Waals surface area contributed by atoms with Crippen molar-refractivity contribution >= 4 is 22.8 Å². The molecule has 7 nitrogen and oxygen atoms in total.